The number of carbonyl (C=O) groups excluding carboxylic acids is 1. The molecule has 0 N–H and O–H groups in total. The minimum Gasteiger partial charge on any atom is -0.331 e. The Kier molecular flexibility index (Phi) is 5.78. The first kappa shape index (κ1) is 19.9. The zero-order chi connectivity index (χ0) is 19.7. The summed E-state index contributed by atoms with van der Waals surface area (Å²) in [5, 5.41) is 2.18. The third kappa shape index (κ3) is 3.73. The summed E-state index contributed by atoms with van der Waals surface area (Å²) in [5.74, 6) is -0.136. The van der Waals surface area contributed by atoms with Crippen LogP contribution in [0, 0.1) is 0 Å². The maximum absolute atomic E-state index is 13.2. The van der Waals surface area contributed by atoms with Gasteiger partial charge in [-0.05, 0) is 55.3 Å². The van der Waals surface area contributed by atoms with E-state index in [4.69, 9.17) is 11.6 Å². The summed E-state index contributed by atoms with van der Waals surface area (Å²) in [6, 6.07) is 8.72. The highest BCUT2D eigenvalue weighted by Crippen LogP contribution is 2.36. The Morgan fingerprint density at radius 1 is 1.07 bits per heavy atom. The number of hydrogen-bond donors (Lipinski definition) is 0. The van der Waals surface area contributed by atoms with Crippen molar-refractivity contribution in [2.45, 2.75) is 43.0 Å². The first-order chi connectivity index (χ1) is 13.5. The first-order valence-corrected chi connectivity index (χ1v) is 12.3. The van der Waals surface area contributed by atoms with Crippen molar-refractivity contribution in [1.82, 2.24) is 9.21 Å². The topological polar surface area (TPSA) is 57.7 Å². The van der Waals surface area contributed by atoms with Crippen LogP contribution in [0.1, 0.15) is 53.4 Å². The van der Waals surface area contributed by atoms with E-state index in [0.717, 1.165) is 32.1 Å². The number of halogens is 1. The molecule has 1 aromatic carbocycles. The number of rotatable bonds is 4. The standard InChI is InChI=1S/C20H23ClN2O3S2/c21-16-9-8-15(14-19(16)28(25,26)22-10-2-1-3-11-22)20(24)23-12-4-6-17(23)18-7-5-13-27-18/h5,7-9,13-14,17H,1-4,6,10-12H2. The minimum absolute atomic E-state index is 0.0359. The number of sulfonamides is 1. The van der Waals surface area contributed by atoms with Crippen molar-refractivity contribution in [3.05, 3.63) is 51.2 Å². The molecule has 2 aromatic rings. The van der Waals surface area contributed by atoms with Gasteiger partial charge in [0.15, 0.2) is 0 Å². The van der Waals surface area contributed by atoms with Crippen molar-refractivity contribution in [3.63, 3.8) is 0 Å². The quantitative estimate of drug-likeness (QED) is 0.703. The van der Waals surface area contributed by atoms with Crippen molar-refractivity contribution in [3.8, 4) is 0 Å². The molecular formula is C20H23ClN2O3S2. The lowest BCUT2D eigenvalue weighted by Crippen LogP contribution is -2.36. The summed E-state index contributed by atoms with van der Waals surface area (Å²) < 4.78 is 27.6. The van der Waals surface area contributed by atoms with E-state index in [-0.39, 0.29) is 21.9 Å². The molecular weight excluding hydrogens is 416 g/mol. The van der Waals surface area contributed by atoms with Gasteiger partial charge in [0.2, 0.25) is 10.0 Å². The Morgan fingerprint density at radius 2 is 1.86 bits per heavy atom. The number of hydrogen-bond acceptors (Lipinski definition) is 4. The molecule has 150 valence electrons. The molecule has 5 nitrogen and oxygen atoms in total. The first-order valence-electron chi connectivity index (χ1n) is 9.62. The molecule has 1 unspecified atom stereocenters. The van der Waals surface area contributed by atoms with E-state index >= 15 is 0 Å². The van der Waals surface area contributed by atoms with Crippen LogP contribution in [0.25, 0.3) is 0 Å². The van der Waals surface area contributed by atoms with Gasteiger partial charge in [-0.25, -0.2) is 8.42 Å². The average molecular weight is 439 g/mol. The van der Waals surface area contributed by atoms with Gasteiger partial charge < -0.3 is 4.90 Å². The molecule has 2 aliphatic rings. The van der Waals surface area contributed by atoms with E-state index in [1.54, 1.807) is 17.4 Å². The van der Waals surface area contributed by atoms with Gasteiger partial charge in [0.1, 0.15) is 4.90 Å². The highest BCUT2D eigenvalue weighted by molar-refractivity contribution is 7.89. The second-order valence-electron chi connectivity index (χ2n) is 7.28. The zero-order valence-corrected chi connectivity index (χ0v) is 17.9. The van der Waals surface area contributed by atoms with Gasteiger partial charge in [-0.1, -0.05) is 24.1 Å². The van der Waals surface area contributed by atoms with Crippen LogP contribution in [0.2, 0.25) is 5.02 Å². The molecule has 2 saturated heterocycles. The molecule has 0 saturated carbocycles. The van der Waals surface area contributed by atoms with Crippen LogP contribution < -0.4 is 0 Å². The van der Waals surface area contributed by atoms with E-state index in [9.17, 15) is 13.2 Å². The Labute approximate surface area is 175 Å². The maximum atomic E-state index is 13.2. The van der Waals surface area contributed by atoms with Crippen LogP contribution in [0.5, 0.6) is 0 Å². The summed E-state index contributed by atoms with van der Waals surface area (Å²) >= 11 is 7.89. The summed E-state index contributed by atoms with van der Waals surface area (Å²) in [4.78, 5) is 16.3. The molecule has 1 atom stereocenters. The largest absolute Gasteiger partial charge is 0.331 e. The number of piperidine rings is 1. The summed E-state index contributed by atoms with van der Waals surface area (Å²) in [6.45, 7) is 1.69. The SMILES string of the molecule is O=C(c1ccc(Cl)c(S(=O)(=O)N2CCCCC2)c1)N1CCCC1c1cccs1. The zero-order valence-electron chi connectivity index (χ0n) is 15.5. The normalized spacial score (nSPS) is 21.2. The number of likely N-dealkylation sites (tertiary alicyclic amines) is 1. The van der Waals surface area contributed by atoms with Crippen LogP contribution >= 0.6 is 22.9 Å². The molecule has 0 bridgehead atoms. The van der Waals surface area contributed by atoms with Gasteiger partial charge in [-0.15, -0.1) is 11.3 Å². The van der Waals surface area contributed by atoms with Gasteiger partial charge in [0.05, 0.1) is 11.1 Å². The molecule has 2 aliphatic heterocycles. The van der Waals surface area contributed by atoms with Gasteiger partial charge in [-0.3, -0.25) is 4.79 Å². The minimum atomic E-state index is -3.70. The van der Waals surface area contributed by atoms with Gasteiger partial charge in [-0.2, -0.15) is 4.31 Å². The van der Waals surface area contributed by atoms with Crippen LogP contribution in [-0.4, -0.2) is 43.2 Å². The van der Waals surface area contributed by atoms with Crippen LogP contribution in [0.15, 0.2) is 40.6 Å². The third-order valence-corrected chi connectivity index (χ3v) is 8.85. The van der Waals surface area contributed by atoms with Crippen molar-refractivity contribution >= 4 is 38.9 Å². The van der Waals surface area contributed by atoms with Crippen LogP contribution in [0.4, 0.5) is 0 Å². The van der Waals surface area contributed by atoms with E-state index in [1.165, 1.54) is 21.3 Å². The highest BCUT2D eigenvalue weighted by atomic mass is 35.5. The number of nitrogens with zero attached hydrogens (tertiary/aromatic N) is 2. The van der Waals surface area contributed by atoms with E-state index in [1.807, 2.05) is 16.3 Å². The predicted octanol–water partition coefficient (Wildman–Crippen LogP) is 4.55. The van der Waals surface area contributed by atoms with Gasteiger partial charge in [0.25, 0.3) is 5.91 Å². The molecule has 3 heterocycles. The molecule has 4 rings (SSSR count). The lowest BCUT2D eigenvalue weighted by atomic mass is 10.1. The number of amides is 1. The number of thiophene rings is 1. The Bertz CT molecular complexity index is 954. The predicted molar refractivity (Wildman–Crippen MR) is 111 cm³/mol. The molecule has 2 fully saturated rings. The Hall–Kier alpha value is -1.41. The van der Waals surface area contributed by atoms with E-state index in [0.29, 0.717) is 25.2 Å². The molecule has 1 amide bonds. The molecule has 8 heteroatoms. The molecule has 28 heavy (non-hydrogen) atoms. The molecule has 0 radical (unpaired) electrons. The molecule has 1 aromatic heterocycles. The number of carbonyl (C=O) groups is 1. The van der Waals surface area contributed by atoms with Crippen molar-refractivity contribution in [2.75, 3.05) is 19.6 Å². The van der Waals surface area contributed by atoms with Gasteiger partial charge in [0, 0.05) is 30.1 Å². The van der Waals surface area contributed by atoms with E-state index in [2.05, 4.69) is 6.07 Å². The average Bonchev–Trinajstić information content (AvgIpc) is 3.40. The fourth-order valence-corrected chi connectivity index (χ4v) is 6.92. The Balaban J connectivity index is 1.64. The number of benzene rings is 1. The fraction of sp³-hybridized carbons (Fsp3) is 0.450. The highest BCUT2D eigenvalue weighted by Gasteiger charge is 2.33. The smallest absolute Gasteiger partial charge is 0.254 e. The Morgan fingerprint density at radius 3 is 2.57 bits per heavy atom. The van der Waals surface area contributed by atoms with Crippen molar-refractivity contribution in [2.24, 2.45) is 0 Å². The monoisotopic (exact) mass is 438 g/mol. The maximum Gasteiger partial charge on any atom is 0.254 e. The van der Waals surface area contributed by atoms with E-state index < -0.39 is 10.0 Å². The van der Waals surface area contributed by atoms with Crippen LogP contribution in [0.3, 0.4) is 0 Å². The second kappa shape index (κ2) is 8.14. The van der Waals surface area contributed by atoms with Gasteiger partial charge >= 0.3 is 0 Å². The van der Waals surface area contributed by atoms with Crippen molar-refractivity contribution < 1.29 is 13.2 Å². The molecule has 0 spiro atoms. The third-order valence-electron chi connectivity index (χ3n) is 5.50. The summed E-state index contributed by atoms with van der Waals surface area (Å²) in [7, 11) is -3.70. The lowest BCUT2D eigenvalue weighted by molar-refractivity contribution is 0.0737. The summed E-state index contributed by atoms with van der Waals surface area (Å²) in [6.07, 6.45) is 4.62. The summed E-state index contributed by atoms with van der Waals surface area (Å²) in [5.41, 5.74) is 0.378. The van der Waals surface area contributed by atoms with Crippen LogP contribution in [-0.2, 0) is 10.0 Å². The van der Waals surface area contributed by atoms with Crippen molar-refractivity contribution in [1.29, 1.82) is 0 Å². The lowest BCUT2D eigenvalue weighted by Gasteiger charge is -2.27. The fourth-order valence-electron chi connectivity index (χ4n) is 4.03. The molecule has 0 aliphatic carbocycles. The second-order valence-corrected chi connectivity index (χ2v) is 10.6.